The number of aliphatic hydroxyl groups is 2. The maximum atomic E-state index is 11.8. The first-order chi connectivity index (χ1) is 11.8. The Labute approximate surface area is 229 Å². The van der Waals surface area contributed by atoms with Crippen LogP contribution in [0.4, 0.5) is 0 Å². The van der Waals surface area contributed by atoms with Gasteiger partial charge in [-0.3, -0.25) is 18.9 Å². The van der Waals surface area contributed by atoms with Crippen molar-refractivity contribution in [2.45, 2.75) is 31.5 Å². The van der Waals surface area contributed by atoms with Crippen LogP contribution in [0.3, 0.4) is 0 Å². The summed E-state index contributed by atoms with van der Waals surface area (Å²) in [7, 11) is -10.5. The second kappa shape index (κ2) is 12.9. The van der Waals surface area contributed by atoms with E-state index in [4.69, 9.17) is 14.5 Å². The van der Waals surface area contributed by atoms with Crippen LogP contribution in [0.15, 0.2) is 15.8 Å². The van der Waals surface area contributed by atoms with Crippen molar-refractivity contribution in [1.29, 1.82) is 0 Å². The summed E-state index contributed by atoms with van der Waals surface area (Å²) in [6.07, 6.45) is -5.18. The first kappa shape index (κ1) is 33.0. The number of nitrogens with zero attached hydrogens (tertiary/aromatic N) is 1. The molecule has 0 aliphatic carbocycles. The van der Waals surface area contributed by atoms with Gasteiger partial charge in [0.1, 0.15) is 18.3 Å². The van der Waals surface area contributed by atoms with Crippen LogP contribution in [0, 0.1) is 6.92 Å². The predicted octanol–water partition coefficient (Wildman–Crippen LogP) is -3.45. The average Bonchev–Trinajstić information content (AvgIpc) is 2.75. The minimum absolute atomic E-state index is 0. The topological polar surface area (TPSA) is 218 Å². The standard InChI is InChI=1S/C10H16N2O12P2.3Na/c1-4-2-12(10(16)11-8(4)15)9-7(14)6(13)5(23-9)3-22-26(20,21)24-25(17,18)19;;;/h2,5-7,9,13-14H,3H2,1H3,(H,20,21)(H,11,15,16)(H2,17,18,19);;;/t5-,6-,7-,9-;;;/m1.../s1. The Balaban J connectivity index is 0. The van der Waals surface area contributed by atoms with Crippen LogP contribution in [0.25, 0.3) is 0 Å². The Bertz CT molecular complexity index is 887. The van der Waals surface area contributed by atoms with Gasteiger partial charge in [-0.1, -0.05) is 0 Å². The zero-order valence-corrected chi connectivity index (χ0v) is 23.8. The third-order valence-electron chi connectivity index (χ3n) is 3.37. The third kappa shape index (κ3) is 9.30. The molecule has 2 rings (SSSR count). The van der Waals surface area contributed by atoms with E-state index in [1.807, 2.05) is 4.98 Å². The molecule has 1 unspecified atom stereocenters. The molecule has 1 aromatic rings. The number of rotatable bonds is 6. The van der Waals surface area contributed by atoms with Gasteiger partial charge in [-0.15, -0.1) is 0 Å². The smallest absolute Gasteiger partial charge is 0.387 e. The van der Waals surface area contributed by atoms with E-state index in [-0.39, 0.29) is 94.2 Å². The van der Waals surface area contributed by atoms with E-state index >= 15 is 0 Å². The van der Waals surface area contributed by atoms with Crippen molar-refractivity contribution >= 4 is 104 Å². The summed E-state index contributed by atoms with van der Waals surface area (Å²) in [5, 5.41) is 19.9. The molecule has 0 amide bonds. The minimum atomic E-state index is -5.32. The van der Waals surface area contributed by atoms with E-state index in [1.165, 1.54) is 6.92 Å². The maximum Gasteiger partial charge on any atom is 0.481 e. The number of aromatic nitrogens is 2. The Morgan fingerprint density at radius 1 is 1.14 bits per heavy atom. The van der Waals surface area contributed by atoms with Gasteiger partial charge in [0.2, 0.25) is 0 Å². The fourth-order valence-corrected chi connectivity index (χ4v) is 3.80. The van der Waals surface area contributed by atoms with Crippen LogP contribution in [0.1, 0.15) is 11.8 Å². The van der Waals surface area contributed by atoms with Crippen LogP contribution in [-0.2, 0) is 22.7 Å². The largest absolute Gasteiger partial charge is 0.481 e. The molecule has 29 heavy (non-hydrogen) atoms. The van der Waals surface area contributed by atoms with Gasteiger partial charge in [0.05, 0.1) is 6.61 Å². The van der Waals surface area contributed by atoms with Crippen molar-refractivity contribution in [3.05, 3.63) is 32.6 Å². The predicted molar refractivity (Wildman–Crippen MR) is 98.2 cm³/mol. The van der Waals surface area contributed by atoms with Gasteiger partial charge in [0.15, 0.2) is 6.23 Å². The summed E-state index contributed by atoms with van der Waals surface area (Å²) in [5.74, 6) is 0. The Hall–Kier alpha value is 1.82. The molecule has 2 heterocycles. The Kier molecular flexibility index (Phi) is 14.7. The maximum absolute atomic E-state index is 11.8. The minimum Gasteiger partial charge on any atom is -0.387 e. The molecule has 6 N–H and O–H groups in total. The quantitative estimate of drug-likeness (QED) is 0.171. The van der Waals surface area contributed by atoms with Gasteiger partial charge in [0.25, 0.3) is 5.56 Å². The average molecular weight is 487 g/mol. The number of phosphoric acid groups is 2. The number of aromatic amines is 1. The zero-order chi connectivity index (χ0) is 19.9. The van der Waals surface area contributed by atoms with Crippen LogP contribution in [-0.4, -0.2) is 148 Å². The number of hydrogen-bond donors (Lipinski definition) is 6. The van der Waals surface area contributed by atoms with Crippen molar-refractivity contribution in [2.24, 2.45) is 0 Å². The monoisotopic (exact) mass is 487 g/mol. The second-order valence-corrected chi connectivity index (χ2v) is 8.19. The number of aryl methyl sites for hydroxylation is 1. The first-order valence-electron chi connectivity index (χ1n) is 6.88. The molecule has 1 aromatic heterocycles. The fraction of sp³-hybridized carbons (Fsp3) is 0.600. The third-order valence-corrected chi connectivity index (χ3v) is 5.52. The number of phosphoric ester groups is 1. The summed E-state index contributed by atoms with van der Waals surface area (Å²) in [4.78, 5) is 51.3. The molecule has 5 atom stereocenters. The van der Waals surface area contributed by atoms with Gasteiger partial charge in [0, 0.05) is 100 Å². The molecule has 1 saturated heterocycles. The molecule has 151 valence electrons. The molecule has 1 aliphatic rings. The van der Waals surface area contributed by atoms with E-state index < -0.39 is 58.0 Å². The van der Waals surface area contributed by atoms with Gasteiger partial charge in [-0.25, -0.2) is 13.9 Å². The SMILES string of the molecule is Cc1cn([C@@H]2O[C@H](COP(=O)(O)OP(=O)(O)O)[C@@H](O)[C@H]2O)c(=O)[nH]c1=O.[Na].[Na].[Na]. The number of hydrogen-bond acceptors (Lipinski definition) is 9. The normalized spacial score (nSPS) is 25.9. The molecule has 3 radical (unpaired) electrons. The van der Waals surface area contributed by atoms with Crippen molar-refractivity contribution in [1.82, 2.24) is 9.55 Å². The number of aliphatic hydroxyl groups excluding tert-OH is 2. The second-order valence-electron chi connectivity index (χ2n) is 5.36. The van der Waals surface area contributed by atoms with Crippen LogP contribution < -0.4 is 11.2 Å². The van der Waals surface area contributed by atoms with Crippen LogP contribution in [0.2, 0.25) is 0 Å². The number of nitrogens with one attached hydrogen (secondary N) is 1. The Morgan fingerprint density at radius 3 is 2.21 bits per heavy atom. The van der Waals surface area contributed by atoms with Gasteiger partial charge >= 0.3 is 21.3 Å². The van der Waals surface area contributed by atoms with Crippen molar-refractivity contribution in [3.63, 3.8) is 0 Å². The molecule has 14 nitrogen and oxygen atoms in total. The van der Waals surface area contributed by atoms with E-state index in [1.54, 1.807) is 0 Å². The number of H-pyrrole nitrogens is 1. The first-order valence-corrected chi connectivity index (χ1v) is 9.91. The molecule has 0 saturated carbocycles. The number of ether oxygens (including phenoxy) is 1. The fourth-order valence-electron chi connectivity index (χ4n) is 2.20. The summed E-state index contributed by atoms with van der Waals surface area (Å²) in [5.41, 5.74) is -1.48. The molecule has 19 heteroatoms. The Morgan fingerprint density at radius 2 is 1.69 bits per heavy atom. The van der Waals surface area contributed by atoms with Gasteiger partial charge in [-0.05, 0) is 6.92 Å². The molecule has 0 spiro atoms. The van der Waals surface area contributed by atoms with Crippen molar-refractivity contribution < 1.29 is 47.6 Å². The molecule has 1 aliphatic heterocycles. The molecule has 0 aromatic carbocycles. The molecule has 0 bridgehead atoms. The van der Waals surface area contributed by atoms with Crippen LogP contribution in [0.5, 0.6) is 0 Å². The van der Waals surface area contributed by atoms with E-state index in [0.29, 0.717) is 0 Å². The molecule has 1 fully saturated rings. The molecular formula is C10H16N2Na3O12P2. The summed E-state index contributed by atoms with van der Waals surface area (Å²) < 4.78 is 35.8. The summed E-state index contributed by atoms with van der Waals surface area (Å²) in [6.45, 7) is 0.480. The zero-order valence-electron chi connectivity index (χ0n) is 16.0. The van der Waals surface area contributed by atoms with Gasteiger partial charge in [-0.2, -0.15) is 4.31 Å². The molecular weight excluding hydrogens is 471 g/mol. The summed E-state index contributed by atoms with van der Waals surface area (Å²) in [6, 6.07) is 0. The summed E-state index contributed by atoms with van der Waals surface area (Å²) >= 11 is 0. The van der Waals surface area contributed by atoms with Crippen molar-refractivity contribution in [2.75, 3.05) is 6.61 Å². The van der Waals surface area contributed by atoms with E-state index in [2.05, 4.69) is 8.83 Å². The van der Waals surface area contributed by atoms with E-state index in [9.17, 15) is 33.8 Å². The van der Waals surface area contributed by atoms with E-state index in [0.717, 1.165) is 10.8 Å². The van der Waals surface area contributed by atoms with Gasteiger partial charge < -0.3 is 29.6 Å². The van der Waals surface area contributed by atoms with Crippen molar-refractivity contribution in [3.8, 4) is 0 Å². The van der Waals surface area contributed by atoms with Crippen LogP contribution >= 0.6 is 15.6 Å².